The van der Waals surface area contributed by atoms with Crippen LogP contribution in [0.1, 0.15) is 38.1 Å². The number of nitrogens with zero attached hydrogens (tertiary/aromatic N) is 1. The average molecular weight is 334 g/mol. The Morgan fingerprint density at radius 1 is 1.33 bits per heavy atom. The SMILES string of the molecule is CCOc1ccc(C(=O)N(CC)C(C)C)cc1S(=O)(=O)Cl. The molecule has 1 rings (SSSR count). The quantitative estimate of drug-likeness (QED) is 0.751. The number of halogens is 1. The Morgan fingerprint density at radius 3 is 2.38 bits per heavy atom. The molecule has 0 N–H and O–H groups in total. The first-order valence-corrected chi connectivity index (χ1v) is 9.05. The van der Waals surface area contributed by atoms with Crippen LogP contribution in [0.3, 0.4) is 0 Å². The number of benzene rings is 1. The van der Waals surface area contributed by atoms with Crippen molar-refractivity contribution in [1.82, 2.24) is 4.90 Å². The second-order valence-electron chi connectivity index (χ2n) is 4.72. The number of hydrogen-bond donors (Lipinski definition) is 0. The van der Waals surface area contributed by atoms with Crippen LogP contribution >= 0.6 is 10.7 Å². The van der Waals surface area contributed by atoms with Crippen molar-refractivity contribution in [3.63, 3.8) is 0 Å². The molecule has 0 aliphatic heterocycles. The van der Waals surface area contributed by atoms with E-state index >= 15 is 0 Å². The summed E-state index contributed by atoms with van der Waals surface area (Å²) < 4.78 is 28.5. The fourth-order valence-electron chi connectivity index (χ4n) is 2.02. The molecular formula is C14H20ClNO4S. The van der Waals surface area contributed by atoms with Crippen molar-refractivity contribution in [3.8, 4) is 5.75 Å². The first kappa shape index (κ1) is 17.8. The van der Waals surface area contributed by atoms with Crippen molar-refractivity contribution >= 4 is 25.6 Å². The highest BCUT2D eigenvalue weighted by molar-refractivity contribution is 8.13. The fraction of sp³-hybridized carbons (Fsp3) is 0.500. The monoisotopic (exact) mass is 333 g/mol. The maximum absolute atomic E-state index is 12.4. The molecule has 1 amide bonds. The normalized spacial score (nSPS) is 11.5. The van der Waals surface area contributed by atoms with Gasteiger partial charge in [0.1, 0.15) is 10.6 Å². The molecule has 0 atom stereocenters. The van der Waals surface area contributed by atoms with Gasteiger partial charge in [0.2, 0.25) is 0 Å². The predicted molar refractivity (Wildman–Crippen MR) is 82.5 cm³/mol. The predicted octanol–water partition coefficient (Wildman–Crippen LogP) is 2.88. The van der Waals surface area contributed by atoms with Gasteiger partial charge >= 0.3 is 0 Å². The van der Waals surface area contributed by atoms with Crippen LogP contribution in [0, 0.1) is 0 Å². The molecule has 1 aromatic rings. The number of rotatable bonds is 6. The molecule has 21 heavy (non-hydrogen) atoms. The van der Waals surface area contributed by atoms with E-state index in [1.165, 1.54) is 12.1 Å². The molecule has 0 radical (unpaired) electrons. The maximum atomic E-state index is 12.4. The van der Waals surface area contributed by atoms with Crippen LogP contribution in [0.25, 0.3) is 0 Å². The largest absolute Gasteiger partial charge is 0.492 e. The minimum Gasteiger partial charge on any atom is -0.492 e. The van der Waals surface area contributed by atoms with E-state index in [0.29, 0.717) is 13.2 Å². The summed E-state index contributed by atoms with van der Waals surface area (Å²) in [5.41, 5.74) is 0.272. The average Bonchev–Trinajstić information content (AvgIpc) is 2.38. The molecule has 7 heteroatoms. The van der Waals surface area contributed by atoms with Crippen LogP contribution in [0.15, 0.2) is 23.1 Å². The zero-order valence-corrected chi connectivity index (χ0v) is 14.2. The fourth-order valence-corrected chi connectivity index (χ4v) is 3.01. The Labute approximate surface area is 130 Å². The Morgan fingerprint density at radius 2 is 1.95 bits per heavy atom. The summed E-state index contributed by atoms with van der Waals surface area (Å²) in [5.74, 6) is -0.0891. The number of ether oxygens (including phenoxy) is 1. The Hall–Kier alpha value is -1.27. The van der Waals surface area contributed by atoms with Gasteiger partial charge in [-0.2, -0.15) is 0 Å². The van der Waals surface area contributed by atoms with Crippen LogP contribution in [-0.4, -0.2) is 38.4 Å². The summed E-state index contributed by atoms with van der Waals surface area (Å²) in [5, 5.41) is 0. The lowest BCUT2D eigenvalue weighted by Crippen LogP contribution is -2.36. The van der Waals surface area contributed by atoms with E-state index in [0.717, 1.165) is 0 Å². The standard InChI is InChI=1S/C14H20ClNO4S/c1-5-16(10(3)4)14(17)11-7-8-12(20-6-2)13(9-11)21(15,18)19/h7-10H,5-6H2,1-4H3. The third-order valence-corrected chi connectivity index (χ3v) is 4.32. The van der Waals surface area contributed by atoms with E-state index < -0.39 is 9.05 Å². The highest BCUT2D eigenvalue weighted by atomic mass is 35.7. The molecule has 0 bridgehead atoms. The van der Waals surface area contributed by atoms with Gasteiger partial charge in [0, 0.05) is 28.8 Å². The van der Waals surface area contributed by atoms with Gasteiger partial charge in [-0.05, 0) is 45.9 Å². The summed E-state index contributed by atoms with van der Waals surface area (Å²) in [6.07, 6.45) is 0. The molecule has 0 spiro atoms. The molecule has 0 unspecified atom stereocenters. The van der Waals surface area contributed by atoms with E-state index in [4.69, 9.17) is 15.4 Å². The summed E-state index contributed by atoms with van der Waals surface area (Å²) in [6.45, 7) is 8.24. The van der Waals surface area contributed by atoms with E-state index in [1.807, 2.05) is 20.8 Å². The molecule has 5 nitrogen and oxygen atoms in total. The maximum Gasteiger partial charge on any atom is 0.265 e. The van der Waals surface area contributed by atoms with Gasteiger partial charge in [-0.3, -0.25) is 4.79 Å². The van der Waals surface area contributed by atoms with Gasteiger partial charge in [-0.25, -0.2) is 8.42 Å². The molecular weight excluding hydrogens is 314 g/mol. The van der Waals surface area contributed by atoms with Crippen molar-refractivity contribution < 1.29 is 17.9 Å². The first-order valence-electron chi connectivity index (χ1n) is 6.74. The van der Waals surface area contributed by atoms with Crippen LogP contribution in [0.2, 0.25) is 0 Å². The number of carbonyl (C=O) groups excluding carboxylic acids is 1. The molecule has 0 fully saturated rings. The highest BCUT2D eigenvalue weighted by Gasteiger charge is 2.22. The van der Waals surface area contributed by atoms with E-state index in [9.17, 15) is 13.2 Å². The molecule has 118 valence electrons. The minimum absolute atomic E-state index is 0.0186. The zero-order valence-electron chi connectivity index (χ0n) is 12.6. The second-order valence-corrected chi connectivity index (χ2v) is 7.25. The summed E-state index contributed by atoms with van der Waals surface area (Å²) >= 11 is 0. The number of hydrogen-bond acceptors (Lipinski definition) is 4. The third kappa shape index (κ3) is 4.35. The van der Waals surface area contributed by atoms with E-state index in [2.05, 4.69) is 0 Å². The lowest BCUT2D eigenvalue weighted by molar-refractivity contribution is 0.0716. The number of carbonyl (C=O) groups is 1. The first-order chi connectivity index (χ1) is 9.72. The second kappa shape index (κ2) is 7.13. The van der Waals surface area contributed by atoms with E-state index in [1.54, 1.807) is 17.9 Å². The third-order valence-electron chi connectivity index (χ3n) is 2.98. The topological polar surface area (TPSA) is 63.7 Å². The summed E-state index contributed by atoms with van der Waals surface area (Å²) in [6, 6.07) is 4.29. The van der Waals surface area contributed by atoms with Crippen molar-refractivity contribution in [1.29, 1.82) is 0 Å². The lowest BCUT2D eigenvalue weighted by atomic mass is 10.1. The van der Waals surface area contributed by atoms with Crippen LogP contribution in [0.5, 0.6) is 5.75 Å². The molecule has 0 heterocycles. The van der Waals surface area contributed by atoms with Crippen LogP contribution in [-0.2, 0) is 9.05 Å². The van der Waals surface area contributed by atoms with Crippen LogP contribution in [0.4, 0.5) is 0 Å². The van der Waals surface area contributed by atoms with Crippen molar-refractivity contribution in [2.75, 3.05) is 13.2 Å². The van der Waals surface area contributed by atoms with Crippen molar-refractivity contribution in [2.24, 2.45) is 0 Å². The Balaban J connectivity index is 3.31. The van der Waals surface area contributed by atoms with Gasteiger partial charge in [0.15, 0.2) is 0 Å². The molecule has 0 saturated carbocycles. The van der Waals surface area contributed by atoms with Gasteiger partial charge < -0.3 is 9.64 Å². The summed E-state index contributed by atoms with van der Waals surface area (Å²) in [4.78, 5) is 13.9. The van der Waals surface area contributed by atoms with Gasteiger partial charge in [-0.15, -0.1) is 0 Å². The lowest BCUT2D eigenvalue weighted by Gasteiger charge is -2.25. The summed E-state index contributed by atoms with van der Waals surface area (Å²) in [7, 11) is 1.43. The van der Waals surface area contributed by atoms with Gasteiger partial charge in [0.25, 0.3) is 15.0 Å². The zero-order chi connectivity index (χ0) is 16.2. The number of amides is 1. The molecule has 0 aromatic heterocycles. The molecule has 0 aliphatic carbocycles. The molecule has 1 aromatic carbocycles. The molecule has 0 aliphatic rings. The smallest absolute Gasteiger partial charge is 0.265 e. The van der Waals surface area contributed by atoms with E-state index in [-0.39, 0.29) is 28.2 Å². The Kier molecular flexibility index (Phi) is 6.04. The highest BCUT2D eigenvalue weighted by Crippen LogP contribution is 2.28. The minimum atomic E-state index is -3.99. The van der Waals surface area contributed by atoms with Crippen LogP contribution < -0.4 is 4.74 Å². The van der Waals surface area contributed by atoms with Gasteiger partial charge in [-0.1, -0.05) is 0 Å². The molecule has 0 saturated heterocycles. The van der Waals surface area contributed by atoms with Gasteiger partial charge in [0.05, 0.1) is 6.61 Å². The van der Waals surface area contributed by atoms with Crippen molar-refractivity contribution in [3.05, 3.63) is 23.8 Å². The Bertz CT molecular complexity index is 613. The van der Waals surface area contributed by atoms with Crippen molar-refractivity contribution in [2.45, 2.75) is 38.6 Å².